The Morgan fingerprint density at radius 2 is 2.37 bits per heavy atom. The highest BCUT2D eigenvalue weighted by Gasteiger charge is 2.15. The number of nitrogens with zero attached hydrogens (tertiary/aromatic N) is 1. The molecule has 19 heavy (non-hydrogen) atoms. The minimum absolute atomic E-state index is 0.337. The van der Waals surface area contributed by atoms with Crippen molar-refractivity contribution in [3.63, 3.8) is 0 Å². The van der Waals surface area contributed by atoms with Crippen molar-refractivity contribution < 1.29 is 9.21 Å². The van der Waals surface area contributed by atoms with Crippen molar-refractivity contribution in [2.45, 2.75) is 13.1 Å². The summed E-state index contributed by atoms with van der Waals surface area (Å²) in [6.07, 6.45) is 1.50. The fourth-order valence-electron chi connectivity index (χ4n) is 1.75. The average Bonchev–Trinajstić information content (AvgIpc) is 2.97. The number of amides is 1. The van der Waals surface area contributed by atoms with Gasteiger partial charge in [0.25, 0.3) is 5.91 Å². The molecule has 0 saturated heterocycles. The fourth-order valence-corrected chi connectivity index (χ4v) is 3.28. The molecule has 5 nitrogen and oxygen atoms in total. The van der Waals surface area contributed by atoms with Crippen molar-refractivity contribution in [3.05, 3.63) is 44.4 Å². The zero-order valence-corrected chi connectivity index (χ0v) is 12.8. The summed E-state index contributed by atoms with van der Waals surface area (Å²) in [5.41, 5.74) is 2.59. The van der Waals surface area contributed by atoms with Crippen molar-refractivity contribution in [2.24, 2.45) is 5.84 Å². The highest BCUT2D eigenvalue weighted by atomic mass is 79.9. The van der Waals surface area contributed by atoms with Crippen molar-refractivity contribution in [2.75, 3.05) is 7.05 Å². The van der Waals surface area contributed by atoms with Crippen molar-refractivity contribution in [3.8, 4) is 0 Å². The number of nitrogen functional groups attached to an aromatic ring is 1. The molecule has 0 aliphatic rings. The molecule has 0 aromatic carbocycles. The van der Waals surface area contributed by atoms with E-state index >= 15 is 0 Å². The van der Waals surface area contributed by atoms with Crippen LogP contribution in [0.3, 0.4) is 0 Å². The van der Waals surface area contributed by atoms with Crippen molar-refractivity contribution in [1.82, 2.24) is 10.3 Å². The quantitative estimate of drug-likeness (QED) is 0.496. The summed E-state index contributed by atoms with van der Waals surface area (Å²) in [7, 11) is 1.97. The predicted octanol–water partition coefficient (Wildman–Crippen LogP) is 2.34. The number of hydrogen-bond acceptors (Lipinski definition) is 5. The van der Waals surface area contributed by atoms with Gasteiger partial charge in [-0.25, -0.2) is 5.84 Å². The first-order chi connectivity index (χ1) is 9.10. The van der Waals surface area contributed by atoms with Crippen LogP contribution in [0.15, 0.2) is 32.7 Å². The van der Waals surface area contributed by atoms with Gasteiger partial charge in [0, 0.05) is 21.3 Å². The second-order valence-electron chi connectivity index (χ2n) is 4.13. The van der Waals surface area contributed by atoms with Gasteiger partial charge in [0.05, 0.1) is 18.4 Å². The summed E-state index contributed by atoms with van der Waals surface area (Å²) in [5, 5.41) is 2.05. The standard InChI is InChI=1S/C12H14BrN3O2S/c1-16(5-9-4-8(13)7-19-9)6-11-10(2-3-18-11)12(17)15-14/h2-4,7H,5-6,14H2,1H3,(H,15,17). The highest BCUT2D eigenvalue weighted by Crippen LogP contribution is 2.22. The zero-order chi connectivity index (χ0) is 13.8. The van der Waals surface area contributed by atoms with Gasteiger partial charge in [-0.15, -0.1) is 11.3 Å². The van der Waals surface area contributed by atoms with Gasteiger partial charge < -0.3 is 4.42 Å². The van der Waals surface area contributed by atoms with E-state index in [1.165, 1.54) is 11.1 Å². The fraction of sp³-hybridized carbons (Fsp3) is 0.250. The molecule has 7 heteroatoms. The summed E-state index contributed by atoms with van der Waals surface area (Å²) in [4.78, 5) is 14.8. The van der Waals surface area contributed by atoms with Gasteiger partial charge in [-0.2, -0.15) is 0 Å². The van der Waals surface area contributed by atoms with Crippen LogP contribution in [-0.4, -0.2) is 17.9 Å². The zero-order valence-electron chi connectivity index (χ0n) is 10.4. The van der Waals surface area contributed by atoms with E-state index in [0.29, 0.717) is 17.9 Å². The lowest BCUT2D eigenvalue weighted by atomic mass is 10.2. The van der Waals surface area contributed by atoms with Crippen LogP contribution in [-0.2, 0) is 13.1 Å². The molecule has 0 bridgehead atoms. The molecule has 0 aliphatic heterocycles. The Bertz CT molecular complexity index is 567. The third kappa shape index (κ3) is 3.66. The Kier molecular flexibility index (Phi) is 4.76. The van der Waals surface area contributed by atoms with Crippen LogP contribution in [0.1, 0.15) is 21.0 Å². The van der Waals surface area contributed by atoms with Crippen LogP contribution < -0.4 is 11.3 Å². The number of halogens is 1. The largest absolute Gasteiger partial charge is 0.467 e. The molecular weight excluding hydrogens is 330 g/mol. The molecule has 2 rings (SSSR count). The van der Waals surface area contributed by atoms with Gasteiger partial charge in [0.15, 0.2) is 0 Å². The van der Waals surface area contributed by atoms with Gasteiger partial charge in [-0.3, -0.25) is 15.1 Å². The van der Waals surface area contributed by atoms with E-state index < -0.39 is 0 Å². The molecule has 0 aliphatic carbocycles. The molecule has 2 aromatic heterocycles. The smallest absolute Gasteiger partial charge is 0.268 e. The predicted molar refractivity (Wildman–Crippen MR) is 77.6 cm³/mol. The molecule has 1 amide bonds. The summed E-state index contributed by atoms with van der Waals surface area (Å²) in [5.74, 6) is 5.41. The van der Waals surface area contributed by atoms with Crippen LogP contribution in [0.25, 0.3) is 0 Å². The number of nitrogens with two attached hydrogens (primary N) is 1. The summed E-state index contributed by atoms with van der Waals surface area (Å²) in [6.45, 7) is 1.34. The topological polar surface area (TPSA) is 71.5 Å². The van der Waals surface area contributed by atoms with Gasteiger partial charge in [0.1, 0.15) is 5.76 Å². The number of carbonyl (C=O) groups excluding carboxylic acids is 1. The molecule has 3 N–H and O–H groups in total. The molecule has 0 atom stereocenters. The Balaban J connectivity index is 2.01. The van der Waals surface area contributed by atoms with E-state index in [-0.39, 0.29) is 5.91 Å². The number of nitrogens with one attached hydrogen (secondary N) is 1. The lowest BCUT2D eigenvalue weighted by molar-refractivity contribution is 0.0950. The first-order valence-corrected chi connectivity index (χ1v) is 7.26. The van der Waals surface area contributed by atoms with Gasteiger partial charge in [-0.1, -0.05) is 0 Å². The summed E-state index contributed by atoms with van der Waals surface area (Å²) >= 11 is 5.12. The molecule has 2 aromatic rings. The van der Waals surface area contributed by atoms with Gasteiger partial charge >= 0.3 is 0 Å². The maximum absolute atomic E-state index is 11.5. The maximum atomic E-state index is 11.5. The van der Waals surface area contributed by atoms with Crippen molar-refractivity contribution in [1.29, 1.82) is 0 Å². The maximum Gasteiger partial charge on any atom is 0.268 e. The Morgan fingerprint density at radius 1 is 1.58 bits per heavy atom. The van der Waals surface area contributed by atoms with Crippen LogP contribution >= 0.6 is 27.3 Å². The summed E-state index contributed by atoms with van der Waals surface area (Å²) in [6, 6.07) is 3.70. The van der Waals surface area contributed by atoms with Crippen LogP contribution in [0, 0.1) is 0 Å². The molecule has 0 spiro atoms. The number of rotatable bonds is 5. The number of hydrazine groups is 1. The van der Waals surface area contributed by atoms with Crippen LogP contribution in [0.5, 0.6) is 0 Å². The molecular formula is C12H14BrN3O2S. The van der Waals surface area contributed by atoms with Crippen LogP contribution in [0.4, 0.5) is 0 Å². The second-order valence-corrected chi connectivity index (χ2v) is 6.05. The van der Waals surface area contributed by atoms with E-state index in [1.54, 1.807) is 17.4 Å². The number of thiophene rings is 1. The van der Waals surface area contributed by atoms with Gasteiger partial charge in [0.2, 0.25) is 0 Å². The second kappa shape index (κ2) is 6.33. The molecule has 2 heterocycles. The normalized spacial score (nSPS) is 10.9. The number of furan rings is 1. The first-order valence-electron chi connectivity index (χ1n) is 5.59. The molecule has 0 radical (unpaired) electrons. The lowest BCUT2D eigenvalue weighted by Gasteiger charge is -2.14. The van der Waals surface area contributed by atoms with Gasteiger partial charge in [-0.05, 0) is 35.1 Å². The highest BCUT2D eigenvalue weighted by molar-refractivity contribution is 9.10. The molecule has 102 valence electrons. The van der Waals surface area contributed by atoms with E-state index in [1.807, 2.05) is 12.4 Å². The van der Waals surface area contributed by atoms with Crippen LogP contribution in [0.2, 0.25) is 0 Å². The Labute approximate surface area is 123 Å². The minimum Gasteiger partial charge on any atom is -0.467 e. The molecule has 0 saturated carbocycles. The molecule has 0 fully saturated rings. The Hall–Kier alpha value is -1.15. The monoisotopic (exact) mass is 343 g/mol. The third-order valence-electron chi connectivity index (χ3n) is 2.58. The number of hydrogen-bond donors (Lipinski definition) is 2. The van der Waals surface area contributed by atoms with E-state index in [4.69, 9.17) is 10.3 Å². The van der Waals surface area contributed by atoms with Crippen molar-refractivity contribution >= 4 is 33.2 Å². The molecule has 0 unspecified atom stereocenters. The van der Waals surface area contributed by atoms with E-state index in [9.17, 15) is 4.79 Å². The SMILES string of the molecule is CN(Cc1cc(Br)cs1)Cc1occc1C(=O)NN. The van der Waals surface area contributed by atoms with E-state index in [2.05, 4.69) is 32.3 Å². The minimum atomic E-state index is -0.337. The van der Waals surface area contributed by atoms with E-state index in [0.717, 1.165) is 11.0 Å². The Morgan fingerprint density at radius 3 is 3.00 bits per heavy atom. The lowest BCUT2D eigenvalue weighted by Crippen LogP contribution is -2.31. The first kappa shape index (κ1) is 14.3. The number of carbonyl (C=O) groups is 1. The summed E-state index contributed by atoms with van der Waals surface area (Å²) < 4.78 is 6.42. The average molecular weight is 344 g/mol. The third-order valence-corrected chi connectivity index (χ3v) is 4.26.